The normalized spacial score (nSPS) is 22.4. The van der Waals surface area contributed by atoms with E-state index >= 15 is 4.39 Å². The molecular formula is C29H40FN4O13P. The van der Waals surface area contributed by atoms with Crippen molar-refractivity contribution in [2.24, 2.45) is 0 Å². The van der Waals surface area contributed by atoms with E-state index < -0.39 is 86.6 Å². The van der Waals surface area contributed by atoms with Crippen molar-refractivity contribution in [2.45, 2.75) is 83.5 Å². The quantitative estimate of drug-likeness (QED) is 0.0985. The van der Waals surface area contributed by atoms with E-state index in [1.165, 1.54) is 26.2 Å². The molecule has 1 fully saturated rings. The van der Waals surface area contributed by atoms with Gasteiger partial charge in [0.1, 0.15) is 24.0 Å². The number of alkyl carbamates (subject to hydrolysis) is 1. The number of carbonyl (C=O) groups is 3. The molecule has 1 aliphatic heterocycles. The number of rotatable bonds is 16. The van der Waals surface area contributed by atoms with Gasteiger partial charge in [0.25, 0.3) is 5.56 Å². The molecular weight excluding hydrogens is 662 g/mol. The van der Waals surface area contributed by atoms with Crippen molar-refractivity contribution in [2.75, 3.05) is 20.3 Å². The fraction of sp³-hybridized carbons (Fsp3) is 0.552. The summed E-state index contributed by atoms with van der Waals surface area (Å²) < 4.78 is 62.3. The average Bonchev–Trinajstić information content (AvgIpc) is 3.25. The molecule has 3 N–H and O–H groups in total. The third-order valence-corrected chi connectivity index (χ3v) is 8.51. The van der Waals surface area contributed by atoms with Crippen molar-refractivity contribution < 1.29 is 56.4 Å². The standard InChI is InChI=1S/C29H40FN4O13P/c1-18(2)45-25(38)19(3)32-48(41,47-20-10-7-6-8-11-20)44-16-21-24(37)29(4,30)26(46-21)33-15-13-22(35)34(28(33)40)17-43-23(36)12-9-14-31-27(39)42-5/h6-8,10-11,13,15,18-19,21,24,26,37H,9,12,14,16-17H2,1-5H3,(H,31,39)(H,32,41)/t19-,21+,24+,26+,29+,48?/m0/s1. The number of esters is 2. The predicted octanol–water partition coefficient (Wildman–Crippen LogP) is 1.77. The number of aromatic nitrogens is 2. The summed E-state index contributed by atoms with van der Waals surface area (Å²) in [6.07, 6.45) is -5.47. The highest BCUT2D eigenvalue weighted by Gasteiger charge is 2.56. The number of ether oxygens (including phenoxy) is 4. The maximum absolute atomic E-state index is 16.0. The van der Waals surface area contributed by atoms with Gasteiger partial charge < -0.3 is 33.9 Å². The molecule has 19 heteroatoms. The number of methoxy groups -OCH3 is 1. The fourth-order valence-corrected chi connectivity index (χ4v) is 5.89. The second-order valence-electron chi connectivity index (χ2n) is 11.1. The van der Waals surface area contributed by atoms with Crippen LogP contribution in [0.1, 0.15) is 46.8 Å². The molecule has 1 amide bonds. The van der Waals surface area contributed by atoms with Crippen molar-refractivity contribution in [1.29, 1.82) is 0 Å². The maximum atomic E-state index is 16.0. The molecule has 1 unspecified atom stereocenters. The van der Waals surface area contributed by atoms with Crippen LogP contribution in [0.3, 0.4) is 0 Å². The Morgan fingerprint density at radius 2 is 1.83 bits per heavy atom. The van der Waals surface area contributed by atoms with Crippen LogP contribution < -0.4 is 26.2 Å². The smallest absolute Gasteiger partial charge is 0.459 e. The minimum Gasteiger partial charge on any atom is -0.462 e. The van der Waals surface area contributed by atoms with Gasteiger partial charge in [-0.05, 0) is 46.2 Å². The number of hydrogen-bond donors (Lipinski definition) is 3. The minimum absolute atomic E-state index is 0.103. The Balaban J connectivity index is 1.74. The van der Waals surface area contributed by atoms with E-state index in [-0.39, 0.29) is 25.1 Å². The molecule has 2 aromatic rings. The Labute approximate surface area is 274 Å². The highest BCUT2D eigenvalue weighted by atomic mass is 31.2. The van der Waals surface area contributed by atoms with Gasteiger partial charge in [0.2, 0.25) is 0 Å². The molecule has 1 aromatic heterocycles. The molecule has 3 rings (SSSR count). The van der Waals surface area contributed by atoms with Crippen LogP contribution in [0.5, 0.6) is 5.75 Å². The number of alkyl halides is 1. The summed E-state index contributed by atoms with van der Waals surface area (Å²) in [5.74, 6) is -1.44. The molecule has 0 saturated carbocycles. The van der Waals surface area contributed by atoms with Crippen LogP contribution in [0, 0.1) is 0 Å². The second-order valence-corrected chi connectivity index (χ2v) is 12.8. The van der Waals surface area contributed by atoms with Crippen molar-refractivity contribution in [3.8, 4) is 5.75 Å². The lowest BCUT2D eigenvalue weighted by Gasteiger charge is -2.25. The first-order valence-corrected chi connectivity index (χ1v) is 16.4. The molecule has 48 heavy (non-hydrogen) atoms. The zero-order valence-electron chi connectivity index (χ0n) is 27.0. The molecule has 1 saturated heterocycles. The van der Waals surface area contributed by atoms with Gasteiger partial charge in [0.15, 0.2) is 18.6 Å². The Morgan fingerprint density at radius 1 is 1.15 bits per heavy atom. The van der Waals surface area contributed by atoms with E-state index in [9.17, 15) is 33.6 Å². The first-order valence-electron chi connectivity index (χ1n) is 14.9. The topological polar surface area (TPSA) is 212 Å². The first kappa shape index (κ1) is 38.4. The number of aliphatic hydroxyl groups excluding tert-OH is 1. The largest absolute Gasteiger partial charge is 0.462 e. The zero-order chi connectivity index (χ0) is 35.6. The minimum atomic E-state index is -4.42. The summed E-state index contributed by atoms with van der Waals surface area (Å²) in [5.41, 5.74) is -4.65. The molecule has 1 aromatic carbocycles. The number of carbonyl (C=O) groups excluding carboxylic acids is 3. The molecule has 17 nitrogen and oxygen atoms in total. The van der Waals surface area contributed by atoms with E-state index in [0.29, 0.717) is 9.13 Å². The van der Waals surface area contributed by atoms with Gasteiger partial charge in [-0.2, -0.15) is 5.09 Å². The van der Waals surface area contributed by atoms with Crippen LogP contribution in [-0.2, 0) is 44.4 Å². The number of amides is 1. The number of hydrogen-bond acceptors (Lipinski definition) is 13. The van der Waals surface area contributed by atoms with Gasteiger partial charge >= 0.3 is 31.5 Å². The lowest BCUT2D eigenvalue weighted by atomic mass is 9.98. The number of benzene rings is 1. The van der Waals surface area contributed by atoms with Crippen LogP contribution >= 0.6 is 7.75 Å². The summed E-state index contributed by atoms with van der Waals surface area (Å²) >= 11 is 0. The lowest BCUT2D eigenvalue weighted by molar-refractivity contribution is -0.149. The van der Waals surface area contributed by atoms with Crippen molar-refractivity contribution in [1.82, 2.24) is 19.5 Å². The molecule has 0 radical (unpaired) electrons. The summed E-state index contributed by atoms with van der Waals surface area (Å²) in [6.45, 7) is 4.14. The van der Waals surface area contributed by atoms with E-state index in [2.05, 4.69) is 15.1 Å². The Kier molecular flexibility index (Phi) is 13.5. The summed E-state index contributed by atoms with van der Waals surface area (Å²) in [4.78, 5) is 61.3. The predicted molar refractivity (Wildman–Crippen MR) is 165 cm³/mol. The average molecular weight is 703 g/mol. The van der Waals surface area contributed by atoms with Gasteiger partial charge in [-0.3, -0.25) is 23.5 Å². The molecule has 0 aliphatic carbocycles. The molecule has 2 heterocycles. The summed E-state index contributed by atoms with van der Waals surface area (Å²) in [5, 5.41) is 15.7. The van der Waals surface area contributed by atoms with Crippen LogP contribution in [0.4, 0.5) is 9.18 Å². The first-order chi connectivity index (χ1) is 22.6. The monoisotopic (exact) mass is 702 g/mol. The lowest BCUT2D eigenvalue weighted by Crippen LogP contribution is -2.46. The van der Waals surface area contributed by atoms with Crippen molar-refractivity contribution >= 4 is 25.8 Å². The zero-order valence-corrected chi connectivity index (χ0v) is 27.9. The Hall–Kier alpha value is -4.09. The van der Waals surface area contributed by atoms with E-state index in [0.717, 1.165) is 19.2 Å². The Bertz CT molecular complexity index is 1580. The van der Waals surface area contributed by atoms with Crippen LogP contribution in [0.25, 0.3) is 0 Å². The number of para-hydroxylation sites is 1. The van der Waals surface area contributed by atoms with Gasteiger partial charge in [-0.15, -0.1) is 0 Å². The second kappa shape index (κ2) is 16.8. The number of halogens is 1. The summed E-state index contributed by atoms with van der Waals surface area (Å²) in [6, 6.07) is 7.57. The van der Waals surface area contributed by atoms with Crippen molar-refractivity contribution in [3.05, 3.63) is 63.4 Å². The molecule has 1 aliphatic rings. The van der Waals surface area contributed by atoms with Crippen LogP contribution in [0.2, 0.25) is 0 Å². The highest BCUT2D eigenvalue weighted by molar-refractivity contribution is 7.52. The van der Waals surface area contributed by atoms with Crippen molar-refractivity contribution in [3.63, 3.8) is 0 Å². The Morgan fingerprint density at radius 3 is 2.48 bits per heavy atom. The molecule has 0 bridgehead atoms. The number of nitrogens with one attached hydrogen (secondary N) is 2. The molecule has 266 valence electrons. The van der Waals surface area contributed by atoms with Gasteiger partial charge in [0, 0.05) is 25.2 Å². The van der Waals surface area contributed by atoms with E-state index in [1.807, 2.05) is 0 Å². The van der Waals surface area contributed by atoms with Crippen LogP contribution in [-0.4, -0.2) is 82.6 Å². The van der Waals surface area contributed by atoms with Gasteiger partial charge in [0.05, 0.1) is 19.8 Å². The molecule has 6 atom stereocenters. The highest BCUT2D eigenvalue weighted by Crippen LogP contribution is 2.47. The van der Waals surface area contributed by atoms with Gasteiger partial charge in [-0.25, -0.2) is 23.1 Å². The number of nitrogens with zero attached hydrogens (tertiary/aromatic N) is 2. The van der Waals surface area contributed by atoms with Crippen LogP contribution in [0.15, 0.2) is 52.2 Å². The molecule has 0 spiro atoms. The summed E-state index contributed by atoms with van der Waals surface area (Å²) in [7, 11) is -3.24. The fourth-order valence-electron chi connectivity index (χ4n) is 4.39. The maximum Gasteiger partial charge on any atom is 0.459 e. The SMILES string of the molecule is COC(=O)NCCCC(=O)OCn1c(=O)ccn([C@@H]2O[C@H](COP(=O)(N[C@@H](C)C(=O)OC(C)C)Oc3ccccc3)[C@@H](O)[C@@]2(C)F)c1=O. The van der Waals surface area contributed by atoms with E-state index in [4.69, 9.17) is 23.3 Å². The van der Waals surface area contributed by atoms with Gasteiger partial charge in [-0.1, -0.05) is 18.2 Å². The third-order valence-electron chi connectivity index (χ3n) is 6.87. The number of aliphatic hydroxyl groups is 1. The third kappa shape index (κ3) is 10.2. The van der Waals surface area contributed by atoms with E-state index in [1.54, 1.807) is 32.0 Å².